The van der Waals surface area contributed by atoms with E-state index in [9.17, 15) is 18.0 Å². The molecule has 0 heterocycles. The summed E-state index contributed by atoms with van der Waals surface area (Å²) in [6, 6.07) is 19.6. The Bertz CT molecular complexity index is 643. The molecule has 0 saturated carbocycles. The van der Waals surface area contributed by atoms with Crippen LogP contribution in [-0.4, -0.2) is 23.2 Å². The number of rotatable bonds is 4. The minimum atomic E-state index is -5.08. The minimum absolute atomic E-state index is 0.0556. The lowest BCUT2D eigenvalue weighted by Gasteiger charge is -2.04. The molecule has 1 amide bonds. The van der Waals surface area contributed by atoms with E-state index in [1.54, 1.807) is 0 Å². The average molecular weight is 339 g/mol. The molecule has 0 aliphatic carbocycles. The van der Waals surface area contributed by atoms with Crippen LogP contribution in [0.25, 0.3) is 0 Å². The zero-order chi connectivity index (χ0) is 18.0. The fourth-order valence-corrected chi connectivity index (χ4v) is 1.65. The van der Waals surface area contributed by atoms with Gasteiger partial charge in [-0.25, -0.2) is 4.79 Å². The Balaban J connectivity index is 0.000000351. The first-order valence-electron chi connectivity index (χ1n) is 6.98. The van der Waals surface area contributed by atoms with Crippen LogP contribution in [0.2, 0.25) is 0 Å². The zero-order valence-corrected chi connectivity index (χ0v) is 12.6. The normalized spacial score (nSPS) is 10.3. The van der Waals surface area contributed by atoms with Crippen molar-refractivity contribution in [2.75, 3.05) is 5.32 Å². The molecule has 2 rings (SSSR count). The van der Waals surface area contributed by atoms with Crippen LogP contribution in [0.3, 0.4) is 0 Å². The fourth-order valence-electron chi connectivity index (χ4n) is 1.65. The van der Waals surface area contributed by atoms with Crippen LogP contribution in [0.5, 0.6) is 0 Å². The van der Waals surface area contributed by atoms with Crippen LogP contribution in [0.1, 0.15) is 12.0 Å². The molecule has 128 valence electrons. The maximum atomic E-state index is 11.7. The van der Waals surface area contributed by atoms with Crippen molar-refractivity contribution >= 4 is 17.6 Å². The summed E-state index contributed by atoms with van der Waals surface area (Å²) in [5.41, 5.74) is 2.04. The molecule has 0 bridgehead atoms. The molecule has 2 aromatic carbocycles. The van der Waals surface area contributed by atoms with Crippen molar-refractivity contribution in [1.82, 2.24) is 0 Å². The minimum Gasteiger partial charge on any atom is -0.475 e. The predicted octanol–water partition coefficient (Wildman–Crippen LogP) is 3.89. The van der Waals surface area contributed by atoms with E-state index in [2.05, 4.69) is 5.32 Å². The van der Waals surface area contributed by atoms with Gasteiger partial charge < -0.3 is 10.4 Å². The van der Waals surface area contributed by atoms with Crippen molar-refractivity contribution in [3.8, 4) is 0 Å². The number of amides is 1. The number of aliphatic carboxylic acids is 1. The second kappa shape index (κ2) is 9.34. The van der Waals surface area contributed by atoms with E-state index in [1.807, 2.05) is 60.7 Å². The SMILES string of the molecule is O=C(CCc1ccccc1)Nc1ccccc1.O=C(O)C(F)(F)F. The molecule has 0 aromatic heterocycles. The van der Waals surface area contributed by atoms with Crippen LogP contribution in [0.4, 0.5) is 18.9 Å². The number of hydrogen-bond acceptors (Lipinski definition) is 2. The lowest BCUT2D eigenvalue weighted by atomic mass is 10.1. The van der Waals surface area contributed by atoms with Gasteiger partial charge in [0.05, 0.1) is 0 Å². The smallest absolute Gasteiger partial charge is 0.475 e. The Morgan fingerprint density at radius 2 is 1.38 bits per heavy atom. The van der Waals surface area contributed by atoms with Gasteiger partial charge in [-0.15, -0.1) is 0 Å². The van der Waals surface area contributed by atoms with E-state index >= 15 is 0 Å². The predicted molar refractivity (Wildman–Crippen MR) is 83.5 cm³/mol. The molecule has 0 aliphatic heterocycles. The van der Waals surface area contributed by atoms with Crippen molar-refractivity contribution in [2.45, 2.75) is 19.0 Å². The third kappa shape index (κ3) is 7.98. The number of hydrogen-bond donors (Lipinski definition) is 2. The van der Waals surface area contributed by atoms with Gasteiger partial charge in [0.2, 0.25) is 5.91 Å². The number of nitrogens with one attached hydrogen (secondary N) is 1. The average Bonchev–Trinajstić information content (AvgIpc) is 2.54. The summed E-state index contributed by atoms with van der Waals surface area (Å²) in [5.74, 6) is -2.70. The van der Waals surface area contributed by atoms with Gasteiger partial charge in [0.1, 0.15) is 0 Å². The molecule has 24 heavy (non-hydrogen) atoms. The van der Waals surface area contributed by atoms with Gasteiger partial charge in [-0.1, -0.05) is 48.5 Å². The number of anilines is 1. The van der Waals surface area contributed by atoms with Crippen LogP contribution >= 0.6 is 0 Å². The molecule has 2 aromatic rings. The molecular weight excluding hydrogens is 323 g/mol. The summed E-state index contributed by atoms with van der Waals surface area (Å²) >= 11 is 0. The summed E-state index contributed by atoms with van der Waals surface area (Å²) in [6.07, 6.45) is -3.79. The van der Waals surface area contributed by atoms with Crippen LogP contribution in [0, 0.1) is 0 Å². The number of carbonyl (C=O) groups excluding carboxylic acids is 1. The van der Waals surface area contributed by atoms with Gasteiger partial charge in [-0.2, -0.15) is 13.2 Å². The Morgan fingerprint density at radius 1 is 0.917 bits per heavy atom. The van der Waals surface area contributed by atoms with E-state index in [1.165, 1.54) is 5.56 Å². The third-order valence-electron chi connectivity index (χ3n) is 2.78. The molecular formula is C17H16F3NO3. The van der Waals surface area contributed by atoms with Crippen LogP contribution in [0.15, 0.2) is 60.7 Å². The molecule has 0 spiro atoms. The molecule has 0 aliphatic rings. The molecule has 2 N–H and O–H groups in total. The van der Waals surface area contributed by atoms with Crippen LogP contribution in [-0.2, 0) is 16.0 Å². The fraction of sp³-hybridized carbons (Fsp3) is 0.176. The van der Waals surface area contributed by atoms with E-state index in [0.29, 0.717) is 6.42 Å². The zero-order valence-electron chi connectivity index (χ0n) is 12.6. The number of carboxylic acids is 1. The van der Waals surface area contributed by atoms with Crippen molar-refractivity contribution in [2.24, 2.45) is 0 Å². The molecule has 0 fully saturated rings. The van der Waals surface area contributed by atoms with Crippen molar-refractivity contribution in [1.29, 1.82) is 0 Å². The largest absolute Gasteiger partial charge is 0.490 e. The number of aryl methyl sites for hydroxylation is 1. The lowest BCUT2D eigenvalue weighted by Crippen LogP contribution is -2.21. The standard InChI is InChI=1S/C15H15NO.C2HF3O2/c17-15(16-14-9-5-2-6-10-14)12-11-13-7-3-1-4-8-13;3-2(4,5)1(6)7/h1-10H,11-12H2,(H,16,17);(H,6,7). The monoisotopic (exact) mass is 339 g/mol. The molecule has 7 heteroatoms. The van der Waals surface area contributed by atoms with E-state index in [-0.39, 0.29) is 5.91 Å². The number of alkyl halides is 3. The topological polar surface area (TPSA) is 66.4 Å². The van der Waals surface area contributed by atoms with Crippen molar-refractivity contribution < 1.29 is 27.9 Å². The number of carboxylic acid groups (broad SMARTS) is 1. The Labute approximate surface area is 136 Å². The summed E-state index contributed by atoms with van der Waals surface area (Å²) < 4.78 is 31.7. The van der Waals surface area contributed by atoms with Gasteiger partial charge in [0, 0.05) is 12.1 Å². The number of para-hydroxylation sites is 1. The number of benzene rings is 2. The van der Waals surface area contributed by atoms with Crippen molar-refractivity contribution in [3.63, 3.8) is 0 Å². The Hall–Kier alpha value is -2.83. The Kier molecular flexibility index (Phi) is 7.48. The Morgan fingerprint density at radius 3 is 1.83 bits per heavy atom. The first kappa shape index (κ1) is 19.2. The van der Waals surface area contributed by atoms with Gasteiger partial charge in [-0.05, 0) is 24.1 Å². The maximum absolute atomic E-state index is 11.7. The maximum Gasteiger partial charge on any atom is 0.490 e. The molecule has 0 radical (unpaired) electrons. The van der Waals surface area contributed by atoms with Crippen LogP contribution < -0.4 is 5.32 Å². The van der Waals surface area contributed by atoms with E-state index in [0.717, 1.165) is 12.1 Å². The second-order valence-corrected chi connectivity index (χ2v) is 4.70. The third-order valence-corrected chi connectivity index (χ3v) is 2.78. The summed E-state index contributed by atoms with van der Waals surface area (Å²) in [7, 11) is 0. The molecule has 0 atom stereocenters. The molecule has 0 unspecified atom stereocenters. The summed E-state index contributed by atoms with van der Waals surface area (Å²) in [4.78, 5) is 20.6. The number of halogens is 3. The highest BCUT2D eigenvalue weighted by Crippen LogP contribution is 2.13. The first-order chi connectivity index (χ1) is 11.3. The lowest BCUT2D eigenvalue weighted by molar-refractivity contribution is -0.192. The van der Waals surface area contributed by atoms with Gasteiger partial charge in [0.25, 0.3) is 0 Å². The highest BCUT2D eigenvalue weighted by Gasteiger charge is 2.38. The summed E-state index contributed by atoms with van der Waals surface area (Å²) in [6.45, 7) is 0. The van der Waals surface area contributed by atoms with E-state index in [4.69, 9.17) is 9.90 Å². The van der Waals surface area contributed by atoms with Gasteiger partial charge in [-0.3, -0.25) is 4.79 Å². The molecule has 4 nitrogen and oxygen atoms in total. The van der Waals surface area contributed by atoms with Gasteiger partial charge >= 0.3 is 12.1 Å². The highest BCUT2D eigenvalue weighted by atomic mass is 19.4. The van der Waals surface area contributed by atoms with E-state index < -0.39 is 12.1 Å². The molecule has 0 saturated heterocycles. The first-order valence-corrected chi connectivity index (χ1v) is 6.98. The quantitative estimate of drug-likeness (QED) is 0.888. The second-order valence-electron chi connectivity index (χ2n) is 4.70. The number of carbonyl (C=O) groups is 2. The summed E-state index contributed by atoms with van der Waals surface area (Å²) in [5, 5.41) is 10.00. The highest BCUT2D eigenvalue weighted by molar-refractivity contribution is 5.90. The van der Waals surface area contributed by atoms with Gasteiger partial charge in [0.15, 0.2) is 0 Å². The van der Waals surface area contributed by atoms with Crippen molar-refractivity contribution in [3.05, 3.63) is 66.2 Å².